The molecule has 0 aromatic heterocycles. The maximum atomic E-state index is 12.3. The number of hydrogen-bond donors (Lipinski definition) is 2. The molecule has 0 bridgehead atoms. The van der Waals surface area contributed by atoms with Gasteiger partial charge < -0.3 is 15.0 Å². The number of benzene rings is 1. The molecule has 10 heteroatoms. The molecule has 1 heterocycles. The van der Waals surface area contributed by atoms with Gasteiger partial charge in [-0.3, -0.25) is 15.0 Å². The highest BCUT2D eigenvalue weighted by Gasteiger charge is 2.35. The molecule has 2 rings (SSSR count). The minimum absolute atomic E-state index is 0.0150. The van der Waals surface area contributed by atoms with E-state index in [1.807, 2.05) is 0 Å². The zero-order valence-corrected chi connectivity index (χ0v) is 14.8. The smallest absolute Gasteiger partial charge is 0.411 e. The van der Waals surface area contributed by atoms with E-state index in [0.29, 0.717) is 18.5 Å². The number of likely N-dealkylation sites (tertiary alicyclic amines) is 1. The van der Waals surface area contributed by atoms with Crippen LogP contribution in [-0.4, -0.2) is 58.9 Å². The first-order valence-electron chi connectivity index (χ1n) is 7.60. The topological polar surface area (TPSA) is 105 Å². The normalized spacial score (nSPS) is 19.4. The van der Waals surface area contributed by atoms with Crippen LogP contribution in [0.2, 0.25) is 0 Å². The van der Waals surface area contributed by atoms with Gasteiger partial charge in [-0.15, -0.1) is 0 Å². The molecular weight excluding hydrogens is 348 g/mol. The molecule has 0 spiro atoms. The molecule has 2 atom stereocenters. The predicted octanol–water partition coefficient (Wildman–Crippen LogP) is 1.83. The minimum Gasteiger partial charge on any atom is -0.444 e. The first-order valence-corrected chi connectivity index (χ1v) is 8.12. The molecule has 2 unspecified atom stereocenters. The Morgan fingerprint density at radius 2 is 2.04 bits per heavy atom. The van der Waals surface area contributed by atoms with Crippen LogP contribution in [0.1, 0.15) is 12.0 Å². The number of carbonyl (C=O) groups is 2. The molecule has 136 valence electrons. The lowest BCUT2D eigenvalue weighted by molar-refractivity contribution is -0.384. The number of rotatable bonds is 4. The molecule has 25 heavy (non-hydrogen) atoms. The third kappa shape index (κ3) is 4.99. The second-order valence-corrected chi connectivity index (χ2v) is 6.61. The van der Waals surface area contributed by atoms with E-state index in [4.69, 9.17) is 4.74 Å². The fourth-order valence-electron chi connectivity index (χ4n) is 2.37. The first-order chi connectivity index (χ1) is 11.8. The van der Waals surface area contributed by atoms with E-state index < -0.39 is 17.2 Å². The molecule has 1 aliphatic heterocycles. The highest BCUT2D eigenvalue weighted by atomic mass is 32.1. The minimum atomic E-state index is -0.570. The third-order valence-corrected chi connectivity index (χ3v) is 4.09. The van der Waals surface area contributed by atoms with Crippen molar-refractivity contribution in [2.45, 2.75) is 24.4 Å². The molecule has 1 aromatic rings. The second-order valence-electron chi connectivity index (χ2n) is 5.88. The number of non-ortho nitro benzene ring substituents is 1. The van der Waals surface area contributed by atoms with E-state index in [1.165, 1.54) is 34.1 Å². The summed E-state index contributed by atoms with van der Waals surface area (Å²) in [6.45, 7) is 0.347. The van der Waals surface area contributed by atoms with Gasteiger partial charge in [-0.25, -0.2) is 9.59 Å². The molecule has 1 aliphatic rings. The van der Waals surface area contributed by atoms with Crippen molar-refractivity contribution in [1.82, 2.24) is 15.1 Å². The number of carbonyl (C=O) groups excluding carboxylic acids is 2. The molecular formula is C15H20N4O5S. The fourth-order valence-corrected chi connectivity index (χ4v) is 2.74. The number of nitro groups is 1. The van der Waals surface area contributed by atoms with Crippen molar-refractivity contribution < 1.29 is 19.2 Å². The molecule has 0 saturated carbocycles. The van der Waals surface area contributed by atoms with E-state index in [9.17, 15) is 19.7 Å². The van der Waals surface area contributed by atoms with E-state index in [2.05, 4.69) is 17.9 Å². The van der Waals surface area contributed by atoms with Crippen molar-refractivity contribution >= 4 is 30.4 Å². The van der Waals surface area contributed by atoms with Gasteiger partial charge in [0, 0.05) is 38.0 Å². The van der Waals surface area contributed by atoms with Gasteiger partial charge in [0.1, 0.15) is 12.8 Å². The van der Waals surface area contributed by atoms with Gasteiger partial charge in [-0.1, -0.05) is 0 Å². The maximum Gasteiger partial charge on any atom is 0.411 e. The zero-order chi connectivity index (χ0) is 18.6. The summed E-state index contributed by atoms with van der Waals surface area (Å²) >= 11 is 4.37. The SMILES string of the molecule is CN(C)C(=O)NC1CC(S)CN1C(=O)OCc1ccc([N+](=O)[O-])cc1. The summed E-state index contributed by atoms with van der Waals surface area (Å²) in [5, 5.41) is 13.3. The fraction of sp³-hybridized carbons (Fsp3) is 0.467. The Bertz CT molecular complexity index is 652. The predicted molar refractivity (Wildman–Crippen MR) is 93.4 cm³/mol. The summed E-state index contributed by atoms with van der Waals surface area (Å²) in [4.78, 5) is 37.0. The molecule has 0 aliphatic carbocycles. The molecule has 1 aromatic carbocycles. The molecule has 1 fully saturated rings. The average molecular weight is 368 g/mol. The summed E-state index contributed by atoms with van der Waals surface area (Å²) in [6.07, 6.45) is -0.532. The lowest BCUT2D eigenvalue weighted by atomic mass is 10.2. The van der Waals surface area contributed by atoms with E-state index >= 15 is 0 Å². The van der Waals surface area contributed by atoms with Crippen molar-refractivity contribution in [3.63, 3.8) is 0 Å². The summed E-state index contributed by atoms with van der Waals surface area (Å²) in [7, 11) is 3.22. The van der Waals surface area contributed by atoms with Crippen LogP contribution in [0.5, 0.6) is 0 Å². The standard InChI is InChI=1S/C15H20N4O5S/c1-17(2)14(20)16-13-7-12(25)8-18(13)15(21)24-9-10-3-5-11(6-4-10)19(22)23/h3-6,12-13,25H,7-9H2,1-2H3,(H,16,20). The van der Waals surface area contributed by atoms with E-state index in [-0.39, 0.29) is 23.6 Å². The number of hydrogen-bond acceptors (Lipinski definition) is 6. The Morgan fingerprint density at radius 3 is 2.60 bits per heavy atom. The summed E-state index contributed by atoms with van der Waals surface area (Å²) in [6, 6.07) is 5.45. The van der Waals surface area contributed by atoms with Gasteiger partial charge in [0.2, 0.25) is 0 Å². The van der Waals surface area contributed by atoms with Gasteiger partial charge in [0.05, 0.1) is 4.92 Å². The number of nitrogens with zero attached hydrogens (tertiary/aromatic N) is 3. The second kappa shape index (κ2) is 8.06. The average Bonchev–Trinajstić information content (AvgIpc) is 2.93. The van der Waals surface area contributed by atoms with Crippen molar-refractivity contribution in [3.05, 3.63) is 39.9 Å². The van der Waals surface area contributed by atoms with Crippen molar-refractivity contribution in [2.75, 3.05) is 20.6 Å². The van der Waals surface area contributed by atoms with Crippen LogP contribution in [0.25, 0.3) is 0 Å². The molecule has 0 radical (unpaired) electrons. The van der Waals surface area contributed by atoms with Crippen LogP contribution in [0.3, 0.4) is 0 Å². The number of thiol groups is 1. The van der Waals surface area contributed by atoms with Crippen LogP contribution in [0.15, 0.2) is 24.3 Å². The molecule has 9 nitrogen and oxygen atoms in total. The van der Waals surface area contributed by atoms with Crippen molar-refractivity contribution in [1.29, 1.82) is 0 Å². The third-order valence-electron chi connectivity index (χ3n) is 3.72. The Kier molecular flexibility index (Phi) is 6.07. The Labute approximate surface area is 150 Å². The highest BCUT2D eigenvalue weighted by molar-refractivity contribution is 7.81. The molecule has 1 saturated heterocycles. The Morgan fingerprint density at radius 1 is 1.40 bits per heavy atom. The molecule has 1 N–H and O–H groups in total. The van der Waals surface area contributed by atoms with Crippen LogP contribution < -0.4 is 5.32 Å². The maximum absolute atomic E-state index is 12.3. The van der Waals surface area contributed by atoms with E-state index in [1.54, 1.807) is 14.1 Å². The molecule has 3 amide bonds. The number of amides is 3. The Hall–Kier alpha value is -2.49. The van der Waals surface area contributed by atoms with Gasteiger partial charge in [-0.2, -0.15) is 12.6 Å². The van der Waals surface area contributed by atoms with Crippen molar-refractivity contribution in [2.24, 2.45) is 0 Å². The number of urea groups is 1. The van der Waals surface area contributed by atoms with Crippen LogP contribution in [-0.2, 0) is 11.3 Å². The monoisotopic (exact) mass is 368 g/mol. The quantitative estimate of drug-likeness (QED) is 0.479. The number of nitro benzene ring substituents is 1. The number of nitrogens with one attached hydrogen (secondary N) is 1. The summed E-state index contributed by atoms with van der Waals surface area (Å²) in [5.41, 5.74) is 0.605. The largest absolute Gasteiger partial charge is 0.444 e. The highest BCUT2D eigenvalue weighted by Crippen LogP contribution is 2.22. The van der Waals surface area contributed by atoms with Crippen LogP contribution >= 0.6 is 12.6 Å². The van der Waals surface area contributed by atoms with Gasteiger partial charge in [-0.05, 0) is 24.1 Å². The zero-order valence-electron chi connectivity index (χ0n) is 13.9. The van der Waals surface area contributed by atoms with E-state index in [0.717, 1.165) is 0 Å². The van der Waals surface area contributed by atoms with Crippen LogP contribution in [0.4, 0.5) is 15.3 Å². The summed E-state index contributed by atoms with van der Waals surface area (Å²) < 4.78 is 5.25. The van der Waals surface area contributed by atoms with Gasteiger partial charge in [0.25, 0.3) is 5.69 Å². The van der Waals surface area contributed by atoms with Crippen LogP contribution in [0, 0.1) is 10.1 Å². The lowest BCUT2D eigenvalue weighted by Crippen LogP contribution is -2.50. The lowest BCUT2D eigenvalue weighted by Gasteiger charge is -2.26. The summed E-state index contributed by atoms with van der Waals surface area (Å²) in [5.74, 6) is 0. The van der Waals surface area contributed by atoms with Gasteiger partial charge >= 0.3 is 12.1 Å². The van der Waals surface area contributed by atoms with Crippen molar-refractivity contribution in [3.8, 4) is 0 Å². The van der Waals surface area contributed by atoms with Gasteiger partial charge in [0.15, 0.2) is 0 Å². The first kappa shape index (κ1) is 18.8. The number of ether oxygens (including phenoxy) is 1. The Balaban J connectivity index is 1.93.